The molecule has 0 saturated heterocycles. The largest absolute Gasteiger partial charge is 0.493 e. The number of hydrogen-bond donors (Lipinski definition) is 0. The first-order chi connectivity index (χ1) is 20.0. The summed E-state index contributed by atoms with van der Waals surface area (Å²) in [6.45, 7) is 15.9. The topological polar surface area (TPSA) is 25.3 Å². The molecule has 1 heterocycles. The van der Waals surface area contributed by atoms with Crippen molar-refractivity contribution < 1.29 is 4.70 Å². The van der Waals surface area contributed by atoms with E-state index in [1.165, 1.54) is 89.5 Å². The first-order valence-electron chi connectivity index (χ1n) is 17.2. The lowest BCUT2D eigenvalue weighted by Crippen LogP contribution is -2.08. The van der Waals surface area contributed by atoms with Crippen LogP contribution in [0.2, 0.25) is 0 Å². The Hall–Kier alpha value is -2.48. The highest BCUT2D eigenvalue weighted by molar-refractivity contribution is 5.79. The van der Waals surface area contributed by atoms with Crippen LogP contribution in [-0.2, 0) is 38.5 Å². The van der Waals surface area contributed by atoms with Crippen LogP contribution in [0.1, 0.15) is 157 Å². The monoisotopic (exact) mass is 554 g/mol. The summed E-state index contributed by atoms with van der Waals surface area (Å²) in [5.74, 6) is 0. The van der Waals surface area contributed by atoms with Crippen LogP contribution >= 0.6 is 0 Å². The van der Waals surface area contributed by atoms with Gasteiger partial charge in [-0.25, -0.2) is 4.70 Å². The molecule has 0 aromatic heterocycles. The van der Waals surface area contributed by atoms with Crippen molar-refractivity contribution in [2.45, 2.75) is 151 Å². The van der Waals surface area contributed by atoms with Crippen molar-refractivity contribution in [1.29, 1.82) is 0 Å². The molecule has 224 valence electrons. The van der Waals surface area contributed by atoms with Crippen LogP contribution in [-0.4, -0.2) is 4.70 Å². The van der Waals surface area contributed by atoms with E-state index in [1.807, 2.05) is 0 Å². The number of allylic oxidation sites excluding steroid dienone is 2. The zero-order chi connectivity index (χ0) is 29.8. The molecule has 0 unspecified atom stereocenters. The first kappa shape index (κ1) is 33.0. The summed E-state index contributed by atoms with van der Waals surface area (Å²) in [5.41, 5.74) is 26.4. The fourth-order valence-electron chi connectivity index (χ4n) is 6.87. The van der Waals surface area contributed by atoms with E-state index in [4.69, 9.17) is 0 Å². The molecule has 0 amide bonds. The molecule has 2 aromatic rings. The third-order valence-electron chi connectivity index (χ3n) is 8.95. The van der Waals surface area contributed by atoms with Gasteiger partial charge in [0.25, 0.3) is 0 Å². The number of aryl methyl sites for hydroxylation is 4. The van der Waals surface area contributed by atoms with Gasteiger partial charge < -0.3 is 5.53 Å². The second-order valence-corrected chi connectivity index (χ2v) is 12.1. The molecule has 0 saturated carbocycles. The Balaban J connectivity index is 2.10. The number of unbranched alkanes of at least 4 members (excludes halogenated alkanes) is 5. The number of rotatable bonds is 18. The van der Waals surface area contributed by atoms with E-state index < -0.39 is 0 Å². The molecule has 2 heteroatoms. The minimum Gasteiger partial charge on any atom is -0.493 e. The van der Waals surface area contributed by atoms with E-state index in [9.17, 15) is 5.53 Å². The lowest BCUT2D eigenvalue weighted by Gasteiger charge is -2.18. The Morgan fingerprint density at radius 2 is 1.05 bits per heavy atom. The molecular formula is C39H58N2. The molecule has 0 aliphatic carbocycles. The average Bonchev–Trinajstić information content (AvgIpc) is 3.31. The minimum atomic E-state index is 0.953. The standard InChI is InChI=1S/C39H58N2/c1-8-15-16-17-18-19-23-33-28-38(34-26-31(20-9-2)37(22-11-4)32(27-34)21-10-3)41(40)39(33)35-24-29(12-5)36(14-7)30(13-6)25-35/h24-28H,8-23H2,1-7H3. The zero-order valence-corrected chi connectivity index (χ0v) is 27.6. The number of nitrogens with zero attached hydrogens (tertiary/aromatic N) is 2. The van der Waals surface area contributed by atoms with Crippen molar-refractivity contribution >= 4 is 11.4 Å². The molecule has 0 radical (unpaired) electrons. The maximum atomic E-state index is 12.0. The Labute approximate surface area is 252 Å². The number of hydrogen-bond acceptors (Lipinski definition) is 0. The van der Waals surface area contributed by atoms with Crippen molar-refractivity contribution in [3.63, 3.8) is 0 Å². The highest BCUT2D eigenvalue weighted by atomic mass is 15.2. The molecule has 0 spiro atoms. The maximum absolute atomic E-state index is 12.0. The van der Waals surface area contributed by atoms with Crippen LogP contribution in [0.5, 0.6) is 0 Å². The van der Waals surface area contributed by atoms with Crippen molar-refractivity contribution in [2.24, 2.45) is 0 Å². The molecular weight excluding hydrogens is 496 g/mol. The van der Waals surface area contributed by atoms with E-state index in [2.05, 4.69) is 78.8 Å². The van der Waals surface area contributed by atoms with E-state index >= 15 is 0 Å². The Morgan fingerprint density at radius 1 is 0.512 bits per heavy atom. The summed E-state index contributed by atoms with van der Waals surface area (Å²) >= 11 is 0. The summed E-state index contributed by atoms with van der Waals surface area (Å²) in [5, 5.41) is 0. The van der Waals surface area contributed by atoms with Crippen molar-refractivity contribution in [3.8, 4) is 0 Å². The Bertz CT molecular complexity index is 1170. The quantitative estimate of drug-likeness (QED) is 0.129. The highest BCUT2D eigenvalue weighted by Gasteiger charge is 2.30. The van der Waals surface area contributed by atoms with Crippen molar-refractivity contribution in [2.75, 3.05) is 0 Å². The first-order valence-corrected chi connectivity index (χ1v) is 17.2. The molecule has 3 rings (SSSR count). The van der Waals surface area contributed by atoms with Gasteiger partial charge in [0.1, 0.15) is 0 Å². The fourth-order valence-corrected chi connectivity index (χ4v) is 6.87. The Kier molecular flexibility index (Phi) is 13.6. The summed E-state index contributed by atoms with van der Waals surface area (Å²) in [6, 6.07) is 9.51. The maximum Gasteiger partial charge on any atom is 0.210 e. The third-order valence-corrected chi connectivity index (χ3v) is 8.95. The predicted molar refractivity (Wildman–Crippen MR) is 180 cm³/mol. The second kappa shape index (κ2) is 16.8. The van der Waals surface area contributed by atoms with Crippen LogP contribution in [0.3, 0.4) is 0 Å². The van der Waals surface area contributed by atoms with Crippen molar-refractivity contribution in [1.82, 2.24) is 0 Å². The molecule has 0 atom stereocenters. The normalized spacial score (nSPS) is 13.4. The fraction of sp³-hybridized carbons (Fsp3) is 0.590. The summed E-state index contributed by atoms with van der Waals surface area (Å²) in [4.78, 5) is 0. The van der Waals surface area contributed by atoms with Gasteiger partial charge >= 0.3 is 0 Å². The number of benzene rings is 2. The third kappa shape index (κ3) is 8.08. The molecule has 1 aliphatic heterocycles. The average molecular weight is 555 g/mol. The second-order valence-electron chi connectivity index (χ2n) is 12.1. The lowest BCUT2D eigenvalue weighted by molar-refractivity contribution is -0.344. The van der Waals surface area contributed by atoms with Gasteiger partial charge in [0.2, 0.25) is 11.4 Å². The van der Waals surface area contributed by atoms with Gasteiger partial charge in [-0.3, -0.25) is 0 Å². The summed E-state index contributed by atoms with van der Waals surface area (Å²) in [6.07, 6.45) is 20.9. The summed E-state index contributed by atoms with van der Waals surface area (Å²) < 4.78 is 1.55. The lowest BCUT2D eigenvalue weighted by atomic mass is 9.89. The van der Waals surface area contributed by atoms with Crippen LogP contribution in [0.4, 0.5) is 0 Å². The van der Waals surface area contributed by atoms with E-state index in [0.29, 0.717) is 0 Å². The predicted octanol–water partition coefficient (Wildman–Crippen LogP) is 11.8. The van der Waals surface area contributed by atoms with E-state index in [1.54, 1.807) is 10.3 Å². The van der Waals surface area contributed by atoms with Crippen LogP contribution in [0.15, 0.2) is 35.9 Å². The smallest absolute Gasteiger partial charge is 0.210 e. The van der Waals surface area contributed by atoms with E-state index in [0.717, 1.165) is 69.2 Å². The van der Waals surface area contributed by atoms with Gasteiger partial charge in [-0.1, -0.05) is 99.8 Å². The molecule has 2 nitrogen and oxygen atoms in total. The molecule has 0 bridgehead atoms. The van der Waals surface area contributed by atoms with Crippen molar-refractivity contribution in [3.05, 3.63) is 86.0 Å². The highest BCUT2D eigenvalue weighted by Crippen LogP contribution is 2.40. The minimum absolute atomic E-state index is 0.953. The van der Waals surface area contributed by atoms with Gasteiger partial charge in [-0.15, -0.1) is 0 Å². The van der Waals surface area contributed by atoms with Crippen LogP contribution in [0, 0.1) is 0 Å². The SMILES string of the molecule is CCCCCCCCC1=C(c2cc(CC)c(CC)c(CC)c2)[N+](=[N-])C(c2cc(CCC)c(CCC)c(CCC)c2)=C1. The molecule has 0 N–H and O–H groups in total. The zero-order valence-electron chi connectivity index (χ0n) is 27.6. The van der Waals surface area contributed by atoms with Gasteiger partial charge in [0.15, 0.2) is 0 Å². The van der Waals surface area contributed by atoms with Gasteiger partial charge in [0, 0.05) is 22.8 Å². The van der Waals surface area contributed by atoms with Gasteiger partial charge in [0.05, 0.1) is 0 Å². The molecule has 2 aromatic carbocycles. The van der Waals surface area contributed by atoms with Crippen LogP contribution in [0.25, 0.3) is 16.9 Å². The van der Waals surface area contributed by atoms with E-state index in [-0.39, 0.29) is 0 Å². The van der Waals surface area contributed by atoms with Gasteiger partial charge in [-0.2, -0.15) is 0 Å². The molecule has 1 aliphatic rings. The van der Waals surface area contributed by atoms with Gasteiger partial charge in [-0.05, 0) is 109 Å². The Morgan fingerprint density at radius 3 is 1.56 bits per heavy atom. The molecule has 41 heavy (non-hydrogen) atoms. The molecule has 0 fully saturated rings. The summed E-state index contributed by atoms with van der Waals surface area (Å²) in [7, 11) is 0. The van der Waals surface area contributed by atoms with Crippen LogP contribution < -0.4 is 0 Å².